The molecule has 0 saturated carbocycles. The Labute approximate surface area is 81.8 Å². The lowest BCUT2D eigenvalue weighted by molar-refractivity contribution is 0.264. The number of fused-ring (bicyclic) bond motifs is 1. The second-order valence-electron chi connectivity index (χ2n) is 3.43. The fourth-order valence-corrected chi connectivity index (χ4v) is 1.41. The van der Waals surface area contributed by atoms with E-state index in [4.69, 9.17) is 10.8 Å². The Morgan fingerprint density at radius 2 is 2.36 bits per heavy atom. The van der Waals surface area contributed by atoms with Crippen molar-refractivity contribution < 1.29 is 5.11 Å². The van der Waals surface area contributed by atoms with Gasteiger partial charge in [0.1, 0.15) is 5.82 Å². The highest BCUT2D eigenvalue weighted by atomic mass is 16.3. The molecule has 1 heterocycles. The summed E-state index contributed by atoms with van der Waals surface area (Å²) < 4.78 is 0. The van der Waals surface area contributed by atoms with E-state index >= 15 is 0 Å². The molecule has 4 N–H and O–H groups in total. The first-order chi connectivity index (χ1) is 6.70. The van der Waals surface area contributed by atoms with Crippen molar-refractivity contribution >= 4 is 11.0 Å². The first-order valence-electron chi connectivity index (χ1n) is 4.53. The number of nitrogens with two attached hydrogens (primary N) is 1. The van der Waals surface area contributed by atoms with E-state index in [1.165, 1.54) is 5.56 Å². The number of benzene rings is 1. The van der Waals surface area contributed by atoms with Crippen LogP contribution in [0.1, 0.15) is 17.4 Å². The van der Waals surface area contributed by atoms with Crippen molar-refractivity contribution in [3.05, 3.63) is 29.6 Å². The predicted octanol–water partition coefficient (Wildman–Crippen LogP) is 0.863. The number of aliphatic hydroxyl groups excluding tert-OH is 1. The van der Waals surface area contributed by atoms with Crippen LogP contribution in [0.2, 0.25) is 0 Å². The number of rotatable bonds is 2. The van der Waals surface area contributed by atoms with Gasteiger partial charge in [0.05, 0.1) is 23.7 Å². The van der Waals surface area contributed by atoms with E-state index in [1.807, 2.05) is 25.1 Å². The second kappa shape index (κ2) is 3.40. The lowest BCUT2D eigenvalue weighted by Gasteiger charge is -2.01. The fraction of sp³-hybridized carbons (Fsp3) is 0.300. The predicted molar refractivity (Wildman–Crippen MR) is 54.8 cm³/mol. The summed E-state index contributed by atoms with van der Waals surface area (Å²) in [5.41, 5.74) is 8.67. The molecule has 1 aromatic carbocycles. The van der Waals surface area contributed by atoms with Crippen LogP contribution in [0.3, 0.4) is 0 Å². The summed E-state index contributed by atoms with van der Waals surface area (Å²) in [4.78, 5) is 7.38. The summed E-state index contributed by atoms with van der Waals surface area (Å²) in [5.74, 6) is 0.633. The Kier molecular flexibility index (Phi) is 2.23. The number of nitrogens with zero attached hydrogens (tertiary/aromatic N) is 1. The van der Waals surface area contributed by atoms with Crippen molar-refractivity contribution in [3.63, 3.8) is 0 Å². The van der Waals surface area contributed by atoms with E-state index in [9.17, 15) is 0 Å². The molecule has 0 aliphatic heterocycles. The number of hydrogen-bond acceptors (Lipinski definition) is 3. The highest BCUT2D eigenvalue weighted by Gasteiger charge is 2.09. The third kappa shape index (κ3) is 1.49. The number of H-pyrrole nitrogens is 1. The number of aromatic amines is 1. The molecule has 2 rings (SSSR count). The lowest BCUT2D eigenvalue weighted by Crippen LogP contribution is -2.15. The van der Waals surface area contributed by atoms with Crippen LogP contribution in [-0.4, -0.2) is 21.7 Å². The molecule has 4 heteroatoms. The molecule has 4 nitrogen and oxygen atoms in total. The Hall–Kier alpha value is -1.39. The van der Waals surface area contributed by atoms with Gasteiger partial charge >= 0.3 is 0 Å². The highest BCUT2D eigenvalue weighted by Crippen LogP contribution is 2.15. The fourth-order valence-electron chi connectivity index (χ4n) is 1.41. The SMILES string of the molecule is Cc1ccc2nc([C@H](N)CO)[nH]c2c1. The lowest BCUT2D eigenvalue weighted by atomic mass is 10.2. The van der Waals surface area contributed by atoms with Crippen molar-refractivity contribution in [1.29, 1.82) is 0 Å². The second-order valence-corrected chi connectivity index (χ2v) is 3.43. The van der Waals surface area contributed by atoms with Crippen molar-refractivity contribution in [1.82, 2.24) is 9.97 Å². The quantitative estimate of drug-likeness (QED) is 0.659. The number of aromatic nitrogens is 2. The minimum absolute atomic E-state index is 0.0984. The third-order valence-electron chi connectivity index (χ3n) is 2.20. The van der Waals surface area contributed by atoms with Gasteiger partial charge in [0.15, 0.2) is 0 Å². The molecule has 0 amide bonds. The van der Waals surface area contributed by atoms with Crippen molar-refractivity contribution in [3.8, 4) is 0 Å². The molecule has 0 aliphatic rings. The maximum Gasteiger partial charge on any atom is 0.126 e. The number of hydrogen-bond donors (Lipinski definition) is 3. The molecule has 0 fully saturated rings. The van der Waals surface area contributed by atoms with Gasteiger partial charge in [0.25, 0.3) is 0 Å². The van der Waals surface area contributed by atoms with Gasteiger partial charge in [0.2, 0.25) is 0 Å². The molecule has 1 atom stereocenters. The third-order valence-corrected chi connectivity index (χ3v) is 2.20. The molecular formula is C10H13N3O. The topological polar surface area (TPSA) is 74.9 Å². The van der Waals surface area contributed by atoms with E-state index in [1.54, 1.807) is 0 Å². The minimum atomic E-state index is -0.428. The van der Waals surface area contributed by atoms with Gasteiger partial charge < -0.3 is 15.8 Å². The molecule has 1 aromatic heterocycles. The van der Waals surface area contributed by atoms with Crippen LogP contribution in [0, 0.1) is 6.92 Å². The van der Waals surface area contributed by atoms with Crippen LogP contribution in [0.25, 0.3) is 11.0 Å². The number of aliphatic hydroxyl groups is 1. The average molecular weight is 191 g/mol. The van der Waals surface area contributed by atoms with Gasteiger partial charge in [-0.2, -0.15) is 0 Å². The molecule has 0 unspecified atom stereocenters. The number of aryl methyl sites for hydroxylation is 1. The summed E-state index contributed by atoms with van der Waals surface area (Å²) in [6.07, 6.45) is 0. The maximum atomic E-state index is 8.88. The van der Waals surface area contributed by atoms with E-state index < -0.39 is 6.04 Å². The van der Waals surface area contributed by atoms with Gasteiger partial charge in [-0.15, -0.1) is 0 Å². The molecular weight excluding hydrogens is 178 g/mol. The zero-order valence-electron chi connectivity index (χ0n) is 7.99. The summed E-state index contributed by atoms with van der Waals surface area (Å²) >= 11 is 0. The summed E-state index contributed by atoms with van der Waals surface area (Å²) in [5, 5.41) is 8.88. The van der Waals surface area contributed by atoms with Crippen LogP contribution in [-0.2, 0) is 0 Å². The van der Waals surface area contributed by atoms with Gasteiger partial charge in [-0.25, -0.2) is 4.98 Å². The minimum Gasteiger partial charge on any atom is -0.394 e. The largest absolute Gasteiger partial charge is 0.394 e. The van der Waals surface area contributed by atoms with E-state index in [0.717, 1.165) is 11.0 Å². The first kappa shape index (κ1) is 9.18. The van der Waals surface area contributed by atoms with Gasteiger partial charge in [0, 0.05) is 0 Å². The Balaban J connectivity index is 2.51. The normalized spacial score (nSPS) is 13.4. The summed E-state index contributed by atoms with van der Waals surface area (Å²) in [7, 11) is 0. The molecule has 0 aliphatic carbocycles. The average Bonchev–Trinajstić information content (AvgIpc) is 2.59. The Morgan fingerprint density at radius 3 is 3.07 bits per heavy atom. The van der Waals surface area contributed by atoms with E-state index in [0.29, 0.717) is 5.82 Å². The maximum absolute atomic E-state index is 8.88. The van der Waals surface area contributed by atoms with Gasteiger partial charge in [-0.05, 0) is 24.6 Å². The zero-order valence-corrected chi connectivity index (χ0v) is 7.99. The van der Waals surface area contributed by atoms with Crippen LogP contribution < -0.4 is 5.73 Å². The van der Waals surface area contributed by atoms with Crippen LogP contribution in [0.4, 0.5) is 0 Å². The van der Waals surface area contributed by atoms with Crippen molar-refractivity contribution in [2.24, 2.45) is 5.73 Å². The zero-order chi connectivity index (χ0) is 10.1. The Morgan fingerprint density at radius 1 is 1.57 bits per heavy atom. The summed E-state index contributed by atoms with van der Waals surface area (Å²) in [6.45, 7) is 1.92. The summed E-state index contributed by atoms with van der Waals surface area (Å²) in [6, 6.07) is 5.52. The van der Waals surface area contributed by atoms with Crippen LogP contribution >= 0.6 is 0 Å². The number of imidazole rings is 1. The highest BCUT2D eigenvalue weighted by molar-refractivity contribution is 5.75. The first-order valence-corrected chi connectivity index (χ1v) is 4.53. The Bertz CT molecular complexity index is 450. The van der Waals surface area contributed by atoms with Crippen LogP contribution in [0.5, 0.6) is 0 Å². The standard InChI is InChI=1S/C10H13N3O/c1-6-2-3-8-9(4-6)13-10(12-8)7(11)5-14/h2-4,7,14H,5,11H2,1H3,(H,12,13)/t7-/m1/s1. The molecule has 0 saturated heterocycles. The monoisotopic (exact) mass is 191 g/mol. The molecule has 0 radical (unpaired) electrons. The molecule has 0 bridgehead atoms. The number of nitrogens with one attached hydrogen (secondary N) is 1. The smallest absolute Gasteiger partial charge is 0.126 e. The van der Waals surface area contributed by atoms with E-state index in [-0.39, 0.29) is 6.61 Å². The van der Waals surface area contributed by atoms with Gasteiger partial charge in [-0.1, -0.05) is 6.07 Å². The van der Waals surface area contributed by atoms with Gasteiger partial charge in [-0.3, -0.25) is 0 Å². The van der Waals surface area contributed by atoms with Crippen LogP contribution in [0.15, 0.2) is 18.2 Å². The van der Waals surface area contributed by atoms with Crippen molar-refractivity contribution in [2.75, 3.05) is 6.61 Å². The van der Waals surface area contributed by atoms with E-state index in [2.05, 4.69) is 9.97 Å². The molecule has 74 valence electrons. The molecule has 0 spiro atoms. The van der Waals surface area contributed by atoms with Crippen molar-refractivity contribution in [2.45, 2.75) is 13.0 Å². The molecule has 2 aromatic rings. The molecule has 14 heavy (non-hydrogen) atoms.